The summed E-state index contributed by atoms with van der Waals surface area (Å²) in [6, 6.07) is 2.61. The number of thiophene rings is 1. The molecule has 1 aromatic heterocycles. The first-order valence-corrected chi connectivity index (χ1v) is 6.89. The number of nitrogens with one attached hydrogen (secondary N) is 1. The Bertz CT molecular complexity index is 293. The topological polar surface area (TPSA) is 29.1 Å². The van der Waals surface area contributed by atoms with Gasteiger partial charge in [-0.15, -0.1) is 0 Å². The van der Waals surface area contributed by atoms with E-state index in [2.05, 4.69) is 36.0 Å². The molecule has 16 heavy (non-hydrogen) atoms. The highest BCUT2D eigenvalue weighted by Gasteiger charge is 2.03. The summed E-state index contributed by atoms with van der Waals surface area (Å²) in [7, 11) is 0. The van der Waals surface area contributed by atoms with Gasteiger partial charge in [-0.1, -0.05) is 13.8 Å². The Labute approximate surface area is 102 Å². The number of hydrogen-bond acceptors (Lipinski definition) is 3. The van der Waals surface area contributed by atoms with E-state index in [1.165, 1.54) is 5.56 Å². The average molecular weight is 239 g/mol. The van der Waals surface area contributed by atoms with Crippen LogP contribution < -0.4 is 5.32 Å². The summed E-state index contributed by atoms with van der Waals surface area (Å²) in [5.74, 6) is 0.386. The van der Waals surface area contributed by atoms with Gasteiger partial charge in [-0.05, 0) is 41.8 Å². The minimum absolute atomic E-state index is 0.386. The molecule has 0 aliphatic carbocycles. The molecule has 1 rings (SSSR count). The fourth-order valence-electron chi connectivity index (χ4n) is 1.52. The smallest absolute Gasteiger partial charge is 0.133 e. The van der Waals surface area contributed by atoms with E-state index in [1.54, 1.807) is 11.3 Å². The van der Waals surface area contributed by atoms with Gasteiger partial charge in [0.05, 0.1) is 0 Å². The molecule has 90 valence electrons. The highest BCUT2D eigenvalue weighted by Crippen LogP contribution is 2.09. The van der Waals surface area contributed by atoms with Crippen LogP contribution in [0.4, 0.5) is 0 Å². The first-order valence-electron chi connectivity index (χ1n) is 5.94. The summed E-state index contributed by atoms with van der Waals surface area (Å²) in [4.78, 5) is 11.6. The minimum Gasteiger partial charge on any atom is -0.315 e. The molecule has 3 heteroatoms. The van der Waals surface area contributed by atoms with E-state index in [0.29, 0.717) is 24.7 Å². The molecule has 0 unspecified atom stereocenters. The maximum atomic E-state index is 11.6. The van der Waals surface area contributed by atoms with Crippen LogP contribution in [0.1, 0.15) is 38.7 Å². The summed E-state index contributed by atoms with van der Waals surface area (Å²) in [6.07, 6.45) is 3.27. The Hall–Kier alpha value is -0.670. The van der Waals surface area contributed by atoms with Crippen LogP contribution in [0.5, 0.6) is 0 Å². The second-order valence-electron chi connectivity index (χ2n) is 4.38. The Morgan fingerprint density at radius 3 is 2.88 bits per heavy atom. The number of hydrogen-bond donors (Lipinski definition) is 1. The van der Waals surface area contributed by atoms with Crippen LogP contribution in [-0.4, -0.2) is 18.4 Å². The predicted octanol–water partition coefficient (Wildman–Crippen LogP) is 3.03. The molecule has 0 aromatic carbocycles. The van der Waals surface area contributed by atoms with E-state index < -0.39 is 0 Å². The number of carbonyl (C=O) groups excluding carboxylic acids is 1. The van der Waals surface area contributed by atoms with Crippen molar-refractivity contribution in [1.82, 2.24) is 5.32 Å². The first kappa shape index (κ1) is 13.4. The van der Waals surface area contributed by atoms with Gasteiger partial charge in [-0.25, -0.2) is 0 Å². The standard InChI is InChI=1S/C13H21NOS/c1-11(2)14-8-3-4-13(15)6-5-12-7-9-16-10-12/h7,9-11,14H,3-6,8H2,1-2H3. The molecule has 0 aliphatic heterocycles. The predicted molar refractivity (Wildman–Crippen MR) is 70.0 cm³/mol. The molecular weight excluding hydrogens is 218 g/mol. The van der Waals surface area contributed by atoms with Crippen LogP contribution >= 0.6 is 11.3 Å². The quantitative estimate of drug-likeness (QED) is 0.707. The Morgan fingerprint density at radius 2 is 2.25 bits per heavy atom. The molecule has 0 radical (unpaired) electrons. The largest absolute Gasteiger partial charge is 0.315 e. The zero-order valence-corrected chi connectivity index (χ0v) is 11.0. The number of aryl methyl sites for hydroxylation is 1. The van der Waals surface area contributed by atoms with Gasteiger partial charge < -0.3 is 5.32 Å². The molecule has 1 N–H and O–H groups in total. The van der Waals surface area contributed by atoms with Crippen molar-refractivity contribution in [3.05, 3.63) is 22.4 Å². The van der Waals surface area contributed by atoms with Gasteiger partial charge in [0.2, 0.25) is 0 Å². The van der Waals surface area contributed by atoms with Gasteiger partial charge in [0.1, 0.15) is 5.78 Å². The van der Waals surface area contributed by atoms with Crippen LogP contribution in [0.2, 0.25) is 0 Å². The second kappa shape index (κ2) is 7.58. The summed E-state index contributed by atoms with van der Waals surface area (Å²) in [5, 5.41) is 7.50. The maximum absolute atomic E-state index is 11.6. The third-order valence-corrected chi connectivity index (χ3v) is 3.19. The van der Waals surface area contributed by atoms with E-state index in [1.807, 2.05) is 0 Å². The van der Waals surface area contributed by atoms with Crippen LogP contribution in [-0.2, 0) is 11.2 Å². The van der Waals surface area contributed by atoms with E-state index in [9.17, 15) is 4.79 Å². The normalized spacial score (nSPS) is 10.9. The van der Waals surface area contributed by atoms with Crippen molar-refractivity contribution < 1.29 is 4.79 Å². The highest BCUT2D eigenvalue weighted by molar-refractivity contribution is 7.07. The number of ketones is 1. The van der Waals surface area contributed by atoms with Crippen LogP contribution in [0.15, 0.2) is 16.8 Å². The summed E-state index contributed by atoms with van der Waals surface area (Å²) >= 11 is 1.69. The lowest BCUT2D eigenvalue weighted by molar-refractivity contribution is -0.119. The van der Waals surface area contributed by atoms with E-state index in [-0.39, 0.29) is 0 Å². The fraction of sp³-hybridized carbons (Fsp3) is 0.615. The molecule has 1 aromatic rings. The third-order valence-electron chi connectivity index (χ3n) is 2.46. The van der Waals surface area contributed by atoms with Crippen LogP contribution in [0.3, 0.4) is 0 Å². The molecule has 0 saturated carbocycles. The summed E-state index contributed by atoms with van der Waals surface area (Å²) in [6.45, 7) is 5.19. The molecule has 2 nitrogen and oxygen atoms in total. The Balaban J connectivity index is 2.03. The van der Waals surface area contributed by atoms with Gasteiger partial charge in [0.15, 0.2) is 0 Å². The second-order valence-corrected chi connectivity index (χ2v) is 5.16. The van der Waals surface area contributed by atoms with Crippen molar-refractivity contribution >= 4 is 17.1 Å². The zero-order chi connectivity index (χ0) is 11.8. The summed E-state index contributed by atoms with van der Waals surface area (Å²) in [5.41, 5.74) is 1.29. The molecule has 0 saturated heterocycles. The van der Waals surface area contributed by atoms with Crippen molar-refractivity contribution in [3.8, 4) is 0 Å². The number of rotatable bonds is 8. The average Bonchev–Trinajstić information content (AvgIpc) is 2.74. The lowest BCUT2D eigenvalue weighted by Gasteiger charge is -2.06. The van der Waals surface area contributed by atoms with E-state index >= 15 is 0 Å². The highest BCUT2D eigenvalue weighted by atomic mass is 32.1. The summed E-state index contributed by atoms with van der Waals surface area (Å²) < 4.78 is 0. The van der Waals surface area contributed by atoms with Crippen molar-refractivity contribution in [2.24, 2.45) is 0 Å². The molecule has 0 amide bonds. The van der Waals surface area contributed by atoms with Crippen molar-refractivity contribution in [1.29, 1.82) is 0 Å². The van der Waals surface area contributed by atoms with Crippen molar-refractivity contribution in [2.75, 3.05) is 6.54 Å². The SMILES string of the molecule is CC(C)NCCCC(=O)CCc1ccsc1. The molecule has 0 spiro atoms. The minimum atomic E-state index is 0.386. The molecule has 0 bridgehead atoms. The number of Topliss-reactive ketones (excluding diaryl/α,β-unsaturated/α-hetero) is 1. The van der Waals surface area contributed by atoms with Crippen LogP contribution in [0, 0.1) is 0 Å². The van der Waals surface area contributed by atoms with Crippen LogP contribution in [0.25, 0.3) is 0 Å². The molecule has 0 atom stereocenters. The van der Waals surface area contributed by atoms with E-state index in [0.717, 1.165) is 19.4 Å². The van der Waals surface area contributed by atoms with Gasteiger partial charge in [0, 0.05) is 18.9 Å². The van der Waals surface area contributed by atoms with Gasteiger partial charge in [0.25, 0.3) is 0 Å². The lowest BCUT2D eigenvalue weighted by Crippen LogP contribution is -2.24. The maximum Gasteiger partial charge on any atom is 0.133 e. The van der Waals surface area contributed by atoms with E-state index in [4.69, 9.17) is 0 Å². The van der Waals surface area contributed by atoms with Crippen molar-refractivity contribution in [3.63, 3.8) is 0 Å². The number of carbonyl (C=O) groups is 1. The van der Waals surface area contributed by atoms with Gasteiger partial charge >= 0.3 is 0 Å². The molecule has 1 heterocycles. The molecule has 0 fully saturated rings. The van der Waals surface area contributed by atoms with Gasteiger partial charge in [-0.2, -0.15) is 11.3 Å². The monoisotopic (exact) mass is 239 g/mol. The first-order chi connectivity index (χ1) is 7.68. The Morgan fingerprint density at radius 1 is 1.44 bits per heavy atom. The zero-order valence-electron chi connectivity index (χ0n) is 10.2. The van der Waals surface area contributed by atoms with Crippen molar-refractivity contribution in [2.45, 2.75) is 45.6 Å². The Kier molecular flexibility index (Phi) is 6.34. The fourth-order valence-corrected chi connectivity index (χ4v) is 2.22. The van der Waals surface area contributed by atoms with Gasteiger partial charge in [-0.3, -0.25) is 4.79 Å². The lowest BCUT2D eigenvalue weighted by atomic mass is 10.1. The third kappa shape index (κ3) is 6.03. The molecule has 0 aliphatic rings. The molecular formula is C13H21NOS.